The van der Waals surface area contributed by atoms with Gasteiger partial charge in [-0.15, -0.1) is 0 Å². The third-order valence-corrected chi connectivity index (χ3v) is 8.41. The summed E-state index contributed by atoms with van der Waals surface area (Å²) in [5, 5.41) is 7.64. The average molecular weight is 521 g/mol. The van der Waals surface area contributed by atoms with Crippen LogP contribution in [0.25, 0.3) is 77.9 Å². The second-order valence-corrected chi connectivity index (χ2v) is 10.9. The van der Waals surface area contributed by atoms with Gasteiger partial charge in [-0.1, -0.05) is 140 Å². The molecule has 0 unspecified atom stereocenters. The molecule has 0 bridgehead atoms. The van der Waals surface area contributed by atoms with Gasteiger partial charge in [-0.3, -0.25) is 0 Å². The highest BCUT2D eigenvalue weighted by atomic mass is 14.2. The van der Waals surface area contributed by atoms with Crippen molar-refractivity contribution in [3.05, 3.63) is 157 Å². The lowest BCUT2D eigenvalue weighted by atomic mass is 9.82. The Kier molecular flexibility index (Phi) is 5.64. The molecule has 0 atom stereocenters. The Morgan fingerprint density at radius 2 is 0.805 bits per heavy atom. The van der Waals surface area contributed by atoms with Crippen LogP contribution in [0.1, 0.15) is 17.5 Å². The van der Waals surface area contributed by atoms with Crippen LogP contribution in [-0.2, 0) is 0 Å². The summed E-state index contributed by atoms with van der Waals surface area (Å²) in [4.78, 5) is 0. The van der Waals surface area contributed by atoms with E-state index >= 15 is 0 Å². The molecule has 0 N–H and O–H groups in total. The molecule has 7 aromatic carbocycles. The minimum absolute atomic E-state index is 0.929. The van der Waals surface area contributed by atoms with E-state index in [1.165, 1.54) is 76.8 Å². The smallest absolute Gasteiger partial charge is 0.00263 e. The highest BCUT2D eigenvalue weighted by molar-refractivity contribution is 6.12. The average Bonchev–Trinajstić information content (AvgIpc) is 3.29. The van der Waals surface area contributed by atoms with Crippen molar-refractivity contribution in [2.45, 2.75) is 6.42 Å². The molecule has 0 nitrogen and oxygen atoms in total. The van der Waals surface area contributed by atoms with Crippen LogP contribution in [0.3, 0.4) is 0 Å². The van der Waals surface area contributed by atoms with Crippen LogP contribution in [0, 0.1) is 0 Å². The summed E-state index contributed by atoms with van der Waals surface area (Å²) >= 11 is 0. The van der Waals surface area contributed by atoms with Crippen LogP contribution in [0.5, 0.6) is 0 Å². The van der Waals surface area contributed by atoms with Crippen LogP contribution >= 0.6 is 0 Å². The molecule has 7 aromatic rings. The summed E-state index contributed by atoms with van der Waals surface area (Å²) in [6.45, 7) is 0. The lowest BCUT2D eigenvalue weighted by Gasteiger charge is -2.20. The van der Waals surface area contributed by atoms with E-state index < -0.39 is 0 Å². The van der Waals surface area contributed by atoms with Gasteiger partial charge in [-0.2, -0.15) is 0 Å². The van der Waals surface area contributed by atoms with E-state index in [-0.39, 0.29) is 0 Å². The lowest BCUT2D eigenvalue weighted by Crippen LogP contribution is -1.96. The third kappa shape index (κ3) is 4.08. The molecule has 0 heteroatoms. The molecular weight excluding hydrogens is 492 g/mol. The molecule has 0 amide bonds. The maximum atomic E-state index is 2.37. The van der Waals surface area contributed by atoms with Crippen molar-refractivity contribution >= 4 is 44.5 Å². The number of benzene rings is 7. The minimum Gasteiger partial charge on any atom is -0.0801 e. The van der Waals surface area contributed by atoms with Crippen molar-refractivity contribution < 1.29 is 0 Å². The molecule has 0 fully saturated rings. The molecule has 1 aliphatic rings. The molecule has 0 heterocycles. The Bertz CT molecular complexity index is 2170. The van der Waals surface area contributed by atoms with Gasteiger partial charge in [0.05, 0.1) is 0 Å². The zero-order valence-electron chi connectivity index (χ0n) is 22.7. The van der Waals surface area contributed by atoms with Gasteiger partial charge in [-0.25, -0.2) is 0 Å². The van der Waals surface area contributed by atoms with E-state index in [2.05, 4.69) is 158 Å². The van der Waals surface area contributed by atoms with E-state index in [1.54, 1.807) is 0 Å². The normalized spacial score (nSPS) is 12.6. The monoisotopic (exact) mass is 520 g/mol. The molecule has 0 radical (unpaired) electrons. The molecule has 41 heavy (non-hydrogen) atoms. The minimum atomic E-state index is 0.929. The summed E-state index contributed by atoms with van der Waals surface area (Å²) in [6, 6.07) is 48.9. The predicted molar refractivity (Wildman–Crippen MR) is 178 cm³/mol. The second kappa shape index (κ2) is 9.77. The van der Waals surface area contributed by atoms with Gasteiger partial charge in [0, 0.05) is 0 Å². The van der Waals surface area contributed by atoms with E-state index in [4.69, 9.17) is 0 Å². The molecule has 0 spiro atoms. The molecular formula is C41H28. The van der Waals surface area contributed by atoms with Crippen LogP contribution < -0.4 is 0 Å². The summed E-state index contributed by atoms with van der Waals surface area (Å²) in [6.07, 6.45) is 10.2. The van der Waals surface area contributed by atoms with Gasteiger partial charge < -0.3 is 0 Å². The van der Waals surface area contributed by atoms with Crippen molar-refractivity contribution in [1.29, 1.82) is 0 Å². The fourth-order valence-corrected chi connectivity index (χ4v) is 6.47. The SMILES string of the molecule is C1=Cc2c(c(-c3ccc4ccccc4c3)c3ccccc3c2-c2cccc(-c3ccc4ccccc4c3)c2)C=CC1. The fraction of sp³-hybridized carbons (Fsp3) is 0.0244. The Morgan fingerprint density at radius 3 is 1.44 bits per heavy atom. The number of hydrogen-bond acceptors (Lipinski definition) is 0. The van der Waals surface area contributed by atoms with Crippen molar-refractivity contribution in [2.75, 3.05) is 0 Å². The summed E-state index contributed by atoms with van der Waals surface area (Å²) in [5.74, 6) is 0. The first kappa shape index (κ1) is 23.7. The molecule has 1 aliphatic carbocycles. The first-order valence-electron chi connectivity index (χ1n) is 14.3. The summed E-state index contributed by atoms with van der Waals surface area (Å²) < 4.78 is 0. The van der Waals surface area contributed by atoms with E-state index in [9.17, 15) is 0 Å². The largest absolute Gasteiger partial charge is 0.0801 e. The number of allylic oxidation sites excluding steroid dienone is 2. The van der Waals surface area contributed by atoms with Gasteiger partial charge in [0.1, 0.15) is 0 Å². The van der Waals surface area contributed by atoms with Crippen molar-refractivity contribution in [1.82, 2.24) is 0 Å². The molecule has 0 saturated carbocycles. The number of rotatable bonds is 3. The van der Waals surface area contributed by atoms with Crippen molar-refractivity contribution in [3.63, 3.8) is 0 Å². The molecule has 192 valence electrons. The van der Waals surface area contributed by atoms with Gasteiger partial charge in [0.25, 0.3) is 0 Å². The fourth-order valence-electron chi connectivity index (χ4n) is 6.47. The Hall–Kier alpha value is -5.20. The quantitative estimate of drug-likeness (QED) is 0.217. The van der Waals surface area contributed by atoms with Crippen molar-refractivity contribution in [3.8, 4) is 33.4 Å². The molecule has 0 saturated heterocycles. The zero-order chi connectivity index (χ0) is 27.2. The van der Waals surface area contributed by atoms with Gasteiger partial charge in [-0.05, 0) is 101 Å². The topological polar surface area (TPSA) is 0 Å². The van der Waals surface area contributed by atoms with Gasteiger partial charge in [0.2, 0.25) is 0 Å². The van der Waals surface area contributed by atoms with E-state index in [0.29, 0.717) is 0 Å². The Morgan fingerprint density at radius 1 is 0.341 bits per heavy atom. The van der Waals surface area contributed by atoms with Crippen molar-refractivity contribution in [2.24, 2.45) is 0 Å². The highest BCUT2D eigenvalue weighted by Crippen LogP contribution is 2.45. The van der Waals surface area contributed by atoms with E-state index in [0.717, 1.165) is 6.42 Å². The first-order valence-corrected chi connectivity index (χ1v) is 14.3. The summed E-state index contributed by atoms with van der Waals surface area (Å²) in [7, 11) is 0. The molecule has 0 aliphatic heterocycles. The van der Waals surface area contributed by atoms with E-state index in [1.807, 2.05) is 0 Å². The molecule has 0 aromatic heterocycles. The number of hydrogen-bond donors (Lipinski definition) is 0. The maximum absolute atomic E-state index is 2.37. The summed E-state index contributed by atoms with van der Waals surface area (Å²) in [5.41, 5.74) is 10.2. The standard InChI is InChI=1S/C41H28/c1-2-17-36-37(18-3-1)41(35-24-22-29-12-5-7-14-31(29)26-35)39-20-9-8-19-38(39)40(36)34-16-10-15-32(27-34)33-23-21-28-11-4-6-13-30(28)25-33/h2-27H,1H2. The maximum Gasteiger partial charge on any atom is -0.00263 e. The van der Waals surface area contributed by atoms with Crippen LogP contribution in [0.2, 0.25) is 0 Å². The van der Waals surface area contributed by atoms with Gasteiger partial charge >= 0.3 is 0 Å². The number of fused-ring (bicyclic) bond motifs is 4. The van der Waals surface area contributed by atoms with Crippen LogP contribution in [0.15, 0.2) is 146 Å². The van der Waals surface area contributed by atoms with Crippen LogP contribution in [0.4, 0.5) is 0 Å². The first-order chi connectivity index (χ1) is 20.3. The predicted octanol–water partition coefficient (Wildman–Crippen LogP) is 11.6. The van der Waals surface area contributed by atoms with Gasteiger partial charge in [0.15, 0.2) is 0 Å². The second-order valence-electron chi connectivity index (χ2n) is 10.9. The van der Waals surface area contributed by atoms with Crippen LogP contribution in [-0.4, -0.2) is 0 Å². The Labute approximate surface area is 240 Å². The lowest BCUT2D eigenvalue weighted by molar-refractivity contribution is 1.44. The highest BCUT2D eigenvalue weighted by Gasteiger charge is 2.20. The molecule has 8 rings (SSSR count). The third-order valence-electron chi connectivity index (χ3n) is 8.41. The zero-order valence-corrected chi connectivity index (χ0v) is 22.7. The Balaban J connectivity index is 1.39.